The van der Waals surface area contributed by atoms with Gasteiger partial charge in [0.25, 0.3) is 0 Å². The van der Waals surface area contributed by atoms with Gasteiger partial charge >= 0.3 is 17.9 Å². The highest BCUT2D eigenvalue weighted by atomic mass is 16.6. The first-order chi connectivity index (χ1) is 39.0. The molecular formula is C73H126O6. The summed E-state index contributed by atoms with van der Waals surface area (Å²) in [5.41, 5.74) is 0. The molecule has 0 saturated carbocycles. The van der Waals surface area contributed by atoms with Crippen LogP contribution in [0.5, 0.6) is 0 Å². The molecule has 1 atom stereocenters. The highest BCUT2D eigenvalue weighted by Crippen LogP contribution is 2.17. The number of hydrogen-bond donors (Lipinski definition) is 0. The fourth-order valence-electron chi connectivity index (χ4n) is 9.56. The van der Waals surface area contributed by atoms with E-state index in [1.165, 1.54) is 180 Å². The van der Waals surface area contributed by atoms with Crippen LogP contribution in [0.1, 0.15) is 329 Å². The molecule has 0 aliphatic carbocycles. The lowest BCUT2D eigenvalue weighted by atomic mass is 10.0. The lowest BCUT2D eigenvalue weighted by molar-refractivity contribution is -0.167. The lowest BCUT2D eigenvalue weighted by Crippen LogP contribution is -2.30. The second-order valence-corrected chi connectivity index (χ2v) is 22.3. The second-order valence-electron chi connectivity index (χ2n) is 22.3. The Kier molecular flexibility index (Phi) is 63.7. The van der Waals surface area contributed by atoms with E-state index < -0.39 is 6.10 Å². The monoisotopic (exact) mass is 1100 g/mol. The average Bonchev–Trinajstić information content (AvgIpc) is 3.45. The predicted octanol–water partition coefficient (Wildman–Crippen LogP) is 23.2. The zero-order chi connectivity index (χ0) is 57.1. The number of carbonyl (C=O) groups is 3. The maximum Gasteiger partial charge on any atom is 0.306 e. The summed E-state index contributed by atoms with van der Waals surface area (Å²) in [6.45, 7) is 6.40. The van der Waals surface area contributed by atoms with E-state index in [1.54, 1.807) is 0 Å². The van der Waals surface area contributed by atoms with Gasteiger partial charge in [0.15, 0.2) is 6.10 Å². The number of unbranched alkanes of at least 4 members (excludes halogenated alkanes) is 34. The van der Waals surface area contributed by atoms with Gasteiger partial charge in [-0.1, -0.05) is 291 Å². The lowest BCUT2D eigenvalue weighted by Gasteiger charge is -2.18. The van der Waals surface area contributed by atoms with Crippen LogP contribution in [0.2, 0.25) is 0 Å². The summed E-state index contributed by atoms with van der Waals surface area (Å²) in [4.78, 5) is 38.3. The van der Waals surface area contributed by atoms with Crippen LogP contribution < -0.4 is 0 Å². The maximum atomic E-state index is 12.9. The topological polar surface area (TPSA) is 78.9 Å². The summed E-state index contributed by atoms with van der Waals surface area (Å²) < 4.78 is 16.9. The summed E-state index contributed by atoms with van der Waals surface area (Å²) in [6, 6.07) is 0. The Morgan fingerprint density at radius 2 is 0.494 bits per heavy atom. The summed E-state index contributed by atoms with van der Waals surface area (Å²) in [6.07, 6.45) is 90.1. The van der Waals surface area contributed by atoms with Gasteiger partial charge < -0.3 is 14.2 Å². The minimum absolute atomic E-state index is 0.0933. The molecule has 1 unspecified atom stereocenters. The molecule has 0 aliphatic heterocycles. The number of esters is 3. The van der Waals surface area contributed by atoms with E-state index in [1.807, 2.05) is 0 Å². The van der Waals surface area contributed by atoms with Crippen molar-refractivity contribution in [2.45, 2.75) is 335 Å². The van der Waals surface area contributed by atoms with Gasteiger partial charge in [-0.2, -0.15) is 0 Å². The predicted molar refractivity (Wildman–Crippen MR) is 344 cm³/mol. The zero-order valence-corrected chi connectivity index (χ0v) is 52.1. The number of carbonyl (C=O) groups excluding carboxylic acids is 3. The highest BCUT2D eigenvalue weighted by Gasteiger charge is 2.19. The molecule has 0 fully saturated rings. The quantitative estimate of drug-likeness (QED) is 0.0261. The number of allylic oxidation sites excluding steroid dienone is 16. The molecule has 0 aromatic heterocycles. The molecule has 454 valence electrons. The van der Waals surface area contributed by atoms with Crippen molar-refractivity contribution in [2.75, 3.05) is 13.2 Å². The van der Waals surface area contributed by atoms with Crippen molar-refractivity contribution in [1.82, 2.24) is 0 Å². The molecular weight excluding hydrogens is 973 g/mol. The number of ether oxygens (including phenoxy) is 3. The van der Waals surface area contributed by atoms with Crippen LogP contribution in [-0.2, 0) is 28.6 Å². The number of rotatable bonds is 61. The van der Waals surface area contributed by atoms with E-state index in [-0.39, 0.29) is 31.1 Å². The molecule has 0 aromatic rings. The molecule has 0 amide bonds. The first kappa shape index (κ1) is 75.3. The molecule has 79 heavy (non-hydrogen) atoms. The smallest absolute Gasteiger partial charge is 0.306 e. The number of hydrogen-bond acceptors (Lipinski definition) is 6. The minimum Gasteiger partial charge on any atom is -0.462 e. The molecule has 0 saturated heterocycles. The Labute approximate surface area is 489 Å². The highest BCUT2D eigenvalue weighted by molar-refractivity contribution is 5.71. The molecule has 0 aliphatic rings. The van der Waals surface area contributed by atoms with Gasteiger partial charge in [-0.3, -0.25) is 14.4 Å². The Morgan fingerprint density at radius 1 is 0.266 bits per heavy atom. The molecule has 0 spiro atoms. The molecule has 0 aromatic carbocycles. The van der Waals surface area contributed by atoms with E-state index >= 15 is 0 Å². The zero-order valence-electron chi connectivity index (χ0n) is 52.1. The van der Waals surface area contributed by atoms with Crippen molar-refractivity contribution >= 4 is 17.9 Å². The van der Waals surface area contributed by atoms with Gasteiger partial charge in [0.2, 0.25) is 0 Å². The minimum atomic E-state index is -0.801. The van der Waals surface area contributed by atoms with Crippen LogP contribution in [0.25, 0.3) is 0 Å². The molecule has 6 nitrogen and oxygen atoms in total. The van der Waals surface area contributed by atoms with E-state index in [4.69, 9.17) is 14.2 Å². The summed E-state index contributed by atoms with van der Waals surface area (Å²) in [5.74, 6) is -0.935. The van der Waals surface area contributed by atoms with Crippen molar-refractivity contribution in [3.8, 4) is 0 Å². The first-order valence-electron chi connectivity index (χ1n) is 33.7. The van der Waals surface area contributed by atoms with E-state index in [2.05, 4.69) is 118 Å². The average molecular weight is 1100 g/mol. The van der Waals surface area contributed by atoms with Gasteiger partial charge in [0.1, 0.15) is 13.2 Å². The van der Waals surface area contributed by atoms with Crippen LogP contribution in [0.3, 0.4) is 0 Å². The molecule has 0 bridgehead atoms. The third kappa shape index (κ3) is 65.0. The molecule has 0 radical (unpaired) electrons. The van der Waals surface area contributed by atoms with Crippen LogP contribution in [0, 0.1) is 0 Å². The van der Waals surface area contributed by atoms with Crippen LogP contribution in [0.4, 0.5) is 0 Å². The van der Waals surface area contributed by atoms with Crippen LogP contribution >= 0.6 is 0 Å². The SMILES string of the molecule is CC/C=C\C/C=C\C/C=C\C/C=C\CCCCC(=O)OCC(COC(=O)CCCCCCCCCCCCCCCCCCC/C=C\CCCCCCCCCC)OC(=O)CCCCCCCCC/C=C\C/C=C\C/C=C\CC. The van der Waals surface area contributed by atoms with E-state index in [0.717, 1.165) is 109 Å². The van der Waals surface area contributed by atoms with Crippen molar-refractivity contribution in [2.24, 2.45) is 0 Å². The van der Waals surface area contributed by atoms with E-state index in [0.29, 0.717) is 19.3 Å². The molecule has 0 heterocycles. The van der Waals surface area contributed by atoms with Crippen molar-refractivity contribution in [3.63, 3.8) is 0 Å². The van der Waals surface area contributed by atoms with Crippen molar-refractivity contribution in [3.05, 3.63) is 97.2 Å². The van der Waals surface area contributed by atoms with Gasteiger partial charge in [0.05, 0.1) is 0 Å². The molecule has 0 N–H and O–H groups in total. The van der Waals surface area contributed by atoms with Crippen LogP contribution in [0.15, 0.2) is 97.2 Å². The summed E-state index contributed by atoms with van der Waals surface area (Å²) in [5, 5.41) is 0. The van der Waals surface area contributed by atoms with Gasteiger partial charge in [-0.25, -0.2) is 0 Å². The fraction of sp³-hybridized carbons (Fsp3) is 0.740. The normalized spacial score (nSPS) is 12.7. The summed E-state index contributed by atoms with van der Waals surface area (Å²) in [7, 11) is 0. The van der Waals surface area contributed by atoms with Crippen molar-refractivity contribution < 1.29 is 28.6 Å². The Balaban J connectivity index is 4.27. The molecule has 0 rings (SSSR count). The van der Waals surface area contributed by atoms with Crippen molar-refractivity contribution in [1.29, 1.82) is 0 Å². The van der Waals surface area contributed by atoms with E-state index in [9.17, 15) is 14.4 Å². The molecule has 6 heteroatoms. The Bertz CT molecular complexity index is 1540. The first-order valence-corrected chi connectivity index (χ1v) is 33.7. The Morgan fingerprint density at radius 3 is 0.810 bits per heavy atom. The Hall–Kier alpha value is -3.67. The second kappa shape index (κ2) is 66.8. The third-order valence-corrected chi connectivity index (χ3v) is 14.6. The largest absolute Gasteiger partial charge is 0.462 e. The fourth-order valence-corrected chi connectivity index (χ4v) is 9.56. The van der Waals surface area contributed by atoms with Crippen LogP contribution in [-0.4, -0.2) is 37.2 Å². The third-order valence-electron chi connectivity index (χ3n) is 14.6. The van der Waals surface area contributed by atoms with Gasteiger partial charge in [0, 0.05) is 19.3 Å². The maximum absolute atomic E-state index is 12.9. The standard InChI is InChI=1S/C73H126O6/c1-4-7-10-13-16-19-22-25-28-30-31-32-33-34-35-36-37-38-39-40-41-43-45-48-51-54-57-60-63-66-72(75)78-69-70(68-77-71(74)65-62-59-56-53-50-47-44-27-24-21-18-15-12-9-6-3)79-73(76)67-64-61-58-55-52-49-46-42-29-26-23-20-17-14-11-8-5-2/h8-9,11-12,17-18,20-21,26-27,29-31,44,50,53,70H,4-7,10,13-16,19,22-25,28,32-43,45-49,51-52,54-69H2,1-3H3/b11-8-,12-9-,20-17-,21-18-,29-26-,31-30-,44-27-,53-50-. The van der Waals surface area contributed by atoms with Gasteiger partial charge in [-0.05, 0) is 116 Å². The summed E-state index contributed by atoms with van der Waals surface area (Å²) >= 11 is 0. The van der Waals surface area contributed by atoms with Gasteiger partial charge in [-0.15, -0.1) is 0 Å².